The van der Waals surface area contributed by atoms with Crippen LogP contribution < -0.4 is 0 Å². The Kier molecular flexibility index (Phi) is 4.42. The minimum atomic E-state index is -1.00. The molecule has 1 saturated carbocycles. The number of hydrogen-bond donors (Lipinski definition) is 2. The van der Waals surface area contributed by atoms with Gasteiger partial charge in [-0.25, -0.2) is 0 Å². The molecule has 1 atom stereocenters. The minimum absolute atomic E-state index is 0.00276. The van der Waals surface area contributed by atoms with Gasteiger partial charge in [0.15, 0.2) is 0 Å². The zero-order valence-corrected chi connectivity index (χ0v) is 11.0. The molecular formula is C13H21NO5. The zero-order chi connectivity index (χ0) is 13.9. The fourth-order valence-corrected chi connectivity index (χ4v) is 3.27. The van der Waals surface area contributed by atoms with Gasteiger partial charge in [-0.1, -0.05) is 12.8 Å². The van der Waals surface area contributed by atoms with Crippen LogP contribution in [0.5, 0.6) is 0 Å². The molecule has 0 bridgehead atoms. The summed E-state index contributed by atoms with van der Waals surface area (Å²) >= 11 is 0. The van der Waals surface area contributed by atoms with Crippen LogP contribution in [0, 0.1) is 0 Å². The van der Waals surface area contributed by atoms with Crippen LogP contribution in [0.1, 0.15) is 38.5 Å². The molecule has 1 spiro atoms. The number of nitrogens with zero attached hydrogens (tertiary/aromatic N) is 1. The van der Waals surface area contributed by atoms with Crippen LogP contribution in [-0.4, -0.2) is 58.4 Å². The molecule has 2 rings (SSSR count). The maximum Gasteiger partial charge on any atom is 0.317 e. The molecule has 6 heteroatoms. The van der Waals surface area contributed by atoms with Gasteiger partial charge in [0.25, 0.3) is 0 Å². The summed E-state index contributed by atoms with van der Waals surface area (Å²) in [4.78, 5) is 22.9. The maximum atomic E-state index is 10.7. The van der Waals surface area contributed by atoms with Crippen molar-refractivity contribution in [2.24, 2.45) is 0 Å². The Morgan fingerprint density at radius 3 is 2.21 bits per heavy atom. The molecule has 0 radical (unpaired) electrons. The molecule has 1 aliphatic heterocycles. The molecule has 1 saturated heterocycles. The maximum absolute atomic E-state index is 10.7. The van der Waals surface area contributed by atoms with Crippen molar-refractivity contribution in [3.8, 4) is 0 Å². The average Bonchev–Trinajstić information content (AvgIpc) is 2.88. The Balaban J connectivity index is 1.87. The second kappa shape index (κ2) is 5.88. The van der Waals surface area contributed by atoms with Crippen molar-refractivity contribution in [3.05, 3.63) is 0 Å². The number of carbonyl (C=O) groups is 2. The summed E-state index contributed by atoms with van der Waals surface area (Å²) < 4.78 is 6.08. The van der Waals surface area contributed by atoms with Crippen LogP contribution in [0.15, 0.2) is 0 Å². The average molecular weight is 271 g/mol. The van der Waals surface area contributed by atoms with E-state index in [-0.39, 0.29) is 24.8 Å². The Labute approximate surface area is 112 Å². The van der Waals surface area contributed by atoms with Gasteiger partial charge in [0.2, 0.25) is 0 Å². The minimum Gasteiger partial charge on any atom is -0.480 e. The quantitative estimate of drug-likeness (QED) is 0.748. The van der Waals surface area contributed by atoms with Crippen molar-refractivity contribution >= 4 is 11.9 Å². The van der Waals surface area contributed by atoms with Crippen molar-refractivity contribution in [2.75, 3.05) is 19.6 Å². The molecular weight excluding hydrogens is 250 g/mol. The Morgan fingerprint density at radius 2 is 1.68 bits per heavy atom. The summed E-state index contributed by atoms with van der Waals surface area (Å²) in [5.41, 5.74) is 0.00276. The van der Waals surface area contributed by atoms with E-state index in [1.807, 2.05) is 0 Å². The monoisotopic (exact) mass is 271 g/mol. The summed E-state index contributed by atoms with van der Waals surface area (Å²) in [6.07, 6.45) is 6.45. The van der Waals surface area contributed by atoms with Crippen LogP contribution >= 0.6 is 0 Å². The van der Waals surface area contributed by atoms with Gasteiger partial charge in [-0.05, 0) is 25.7 Å². The Bertz CT molecular complexity index is 335. The molecule has 0 amide bonds. The molecule has 6 nitrogen and oxygen atoms in total. The molecule has 19 heavy (non-hydrogen) atoms. The number of aliphatic carboxylic acids is 2. The molecule has 1 heterocycles. The Morgan fingerprint density at radius 1 is 1.11 bits per heavy atom. The second-order valence-corrected chi connectivity index (χ2v) is 5.63. The fourth-order valence-electron chi connectivity index (χ4n) is 3.27. The number of carboxylic acids is 2. The number of rotatable bonds is 6. The van der Waals surface area contributed by atoms with Crippen LogP contribution in [0.3, 0.4) is 0 Å². The fraction of sp³-hybridized carbons (Fsp3) is 0.846. The van der Waals surface area contributed by atoms with Crippen LogP contribution in [0.4, 0.5) is 0 Å². The van der Waals surface area contributed by atoms with Gasteiger partial charge in [-0.3, -0.25) is 14.5 Å². The first-order chi connectivity index (χ1) is 8.99. The molecule has 1 aliphatic carbocycles. The summed E-state index contributed by atoms with van der Waals surface area (Å²) in [5, 5.41) is 17.6. The smallest absolute Gasteiger partial charge is 0.317 e. The highest BCUT2D eigenvalue weighted by atomic mass is 16.5. The van der Waals surface area contributed by atoms with Gasteiger partial charge in [0, 0.05) is 6.54 Å². The molecule has 0 aromatic carbocycles. The van der Waals surface area contributed by atoms with Crippen molar-refractivity contribution in [1.82, 2.24) is 4.90 Å². The lowest BCUT2D eigenvalue weighted by atomic mass is 9.98. The SMILES string of the molecule is O=C(O)CN(CC(=O)O)CC1CCC2(CCCC2)O1. The van der Waals surface area contributed by atoms with E-state index in [4.69, 9.17) is 14.9 Å². The summed E-state index contributed by atoms with van der Waals surface area (Å²) in [6.45, 7) is -0.112. The van der Waals surface area contributed by atoms with E-state index in [0.29, 0.717) is 6.54 Å². The molecule has 2 aliphatic rings. The van der Waals surface area contributed by atoms with E-state index >= 15 is 0 Å². The van der Waals surface area contributed by atoms with Crippen molar-refractivity contribution < 1.29 is 24.5 Å². The third-order valence-corrected chi connectivity index (χ3v) is 4.03. The van der Waals surface area contributed by atoms with Gasteiger partial charge in [0.05, 0.1) is 24.8 Å². The van der Waals surface area contributed by atoms with E-state index < -0.39 is 11.9 Å². The second-order valence-electron chi connectivity index (χ2n) is 5.63. The summed E-state index contributed by atoms with van der Waals surface area (Å²) in [6, 6.07) is 0. The molecule has 2 fully saturated rings. The first kappa shape index (κ1) is 14.3. The number of hydrogen-bond acceptors (Lipinski definition) is 4. The third kappa shape index (κ3) is 3.91. The third-order valence-electron chi connectivity index (χ3n) is 4.03. The lowest BCUT2D eigenvalue weighted by Crippen LogP contribution is -2.40. The number of ether oxygens (including phenoxy) is 1. The van der Waals surface area contributed by atoms with Gasteiger partial charge in [-0.2, -0.15) is 0 Å². The number of carboxylic acid groups (broad SMARTS) is 2. The van der Waals surface area contributed by atoms with Crippen molar-refractivity contribution in [3.63, 3.8) is 0 Å². The lowest BCUT2D eigenvalue weighted by molar-refractivity contribution is -0.142. The highest BCUT2D eigenvalue weighted by molar-refractivity contribution is 5.72. The topological polar surface area (TPSA) is 87.1 Å². The zero-order valence-electron chi connectivity index (χ0n) is 11.0. The highest BCUT2D eigenvalue weighted by Gasteiger charge is 2.42. The first-order valence-corrected chi connectivity index (χ1v) is 6.83. The van der Waals surface area contributed by atoms with E-state index in [1.54, 1.807) is 0 Å². The van der Waals surface area contributed by atoms with E-state index in [2.05, 4.69) is 0 Å². The summed E-state index contributed by atoms with van der Waals surface area (Å²) in [7, 11) is 0. The predicted octanol–water partition coefficient (Wildman–Crippen LogP) is 0.949. The molecule has 1 unspecified atom stereocenters. The Hall–Kier alpha value is -1.14. The van der Waals surface area contributed by atoms with Crippen molar-refractivity contribution in [1.29, 1.82) is 0 Å². The van der Waals surface area contributed by atoms with Crippen LogP contribution in [0.25, 0.3) is 0 Å². The van der Waals surface area contributed by atoms with Gasteiger partial charge in [0.1, 0.15) is 0 Å². The largest absolute Gasteiger partial charge is 0.480 e. The summed E-state index contributed by atoms with van der Waals surface area (Å²) in [5.74, 6) is -2.01. The normalized spacial score (nSPS) is 25.2. The lowest BCUT2D eigenvalue weighted by Gasteiger charge is -2.26. The molecule has 108 valence electrons. The highest BCUT2D eigenvalue weighted by Crippen LogP contribution is 2.43. The molecule has 0 aromatic heterocycles. The molecule has 2 N–H and O–H groups in total. The van der Waals surface area contributed by atoms with E-state index in [1.165, 1.54) is 17.7 Å². The van der Waals surface area contributed by atoms with Gasteiger partial charge < -0.3 is 14.9 Å². The van der Waals surface area contributed by atoms with Crippen molar-refractivity contribution in [2.45, 2.75) is 50.2 Å². The molecule has 0 aromatic rings. The van der Waals surface area contributed by atoms with E-state index in [9.17, 15) is 9.59 Å². The van der Waals surface area contributed by atoms with Crippen LogP contribution in [-0.2, 0) is 14.3 Å². The standard InChI is InChI=1S/C13H21NO5/c15-11(16)8-14(9-12(17)18)7-10-3-6-13(19-10)4-1-2-5-13/h10H,1-9H2,(H,15,16)(H,17,18). The van der Waals surface area contributed by atoms with Gasteiger partial charge in [-0.15, -0.1) is 0 Å². The van der Waals surface area contributed by atoms with Gasteiger partial charge >= 0.3 is 11.9 Å². The predicted molar refractivity (Wildman–Crippen MR) is 67.0 cm³/mol. The first-order valence-electron chi connectivity index (χ1n) is 6.83. The van der Waals surface area contributed by atoms with E-state index in [0.717, 1.165) is 25.7 Å². The van der Waals surface area contributed by atoms with Crippen LogP contribution in [0.2, 0.25) is 0 Å².